The lowest BCUT2D eigenvalue weighted by atomic mass is 9.98. The Hall–Kier alpha value is -4.79. The van der Waals surface area contributed by atoms with Crippen LogP contribution < -0.4 is 14.9 Å². The van der Waals surface area contributed by atoms with Crippen molar-refractivity contribution in [2.24, 2.45) is 5.10 Å². The fourth-order valence-corrected chi connectivity index (χ4v) is 5.20. The molecule has 0 saturated heterocycles. The number of hydrogen-bond acceptors (Lipinski definition) is 6. The Labute approximate surface area is 261 Å². The van der Waals surface area contributed by atoms with Crippen LogP contribution in [0.4, 0.5) is 0 Å². The van der Waals surface area contributed by atoms with Gasteiger partial charge in [-0.15, -0.1) is 0 Å². The van der Waals surface area contributed by atoms with E-state index >= 15 is 0 Å². The van der Waals surface area contributed by atoms with Crippen LogP contribution >= 0.6 is 27.5 Å². The second kappa shape index (κ2) is 12.6. The highest BCUT2D eigenvalue weighted by molar-refractivity contribution is 9.10. The lowest BCUT2D eigenvalue weighted by Crippen LogP contribution is -2.24. The average molecular weight is 652 g/mol. The molecule has 6 rings (SSSR count). The molecule has 0 fully saturated rings. The predicted molar refractivity (Wildman–Crippen MR) is 175 cm³/mol. The number of amides is 1. The molecule has 0 atom stereocenters. The fraction of sp³-hybridized carbons (Fsp3) is 0.0588. The first-order chi connectivity index (χ1) is 21.0. The van der Waals surface area contributed by atoms with Gasteiger partial charge in [0.2, 0.25) is 0 Å². The predicted octanol–water partition coefficient (Wildman–Crippen LogP) is 8.07. The first kappa shape index (κ1) is 28.3. The Balaban J connectivity index is 1.12. The van der Waals surface area contributed by atoms with Gasteiger partial charge in [-0.3, -0.25) is 4.79 Å². The highest BCUT2D eigenvalue weighted by atomic mass is 79.9. The third-order valence-corrected chi connectivity index (χ3v) is 7.57. The maximum absolute atomic E-state index is 12.4. The van der Waals surface area contributed by atoms with Crippen molar-refractivity contribution < 1.29 is 14.3 Å². The number of ether oxygens (including phenoxy) is 2. The molecular formula is C34H24BrClN4O3. The molecule has 0 aliphatic heterocycles. The van der Waals surface area contributed by atoms with E-state index in [0.717, 1.165) is 48.7 Å². The number of fused-ring (bicyclic) bond motifs is 2. The van der Waals surface area contributed by atoms with Gasteiger partial charge in [0.1, 0.15) is 16.7 Å². The quantitative estimate of drug-likeness (QED) is 0.102. The molecule has 1 N–H and O–H groups in total. The molecule has 0 radical (unpaired) electrons. The monoisotopic (exact) mass is 650 g/mol. The number of methoxy groups -OCH3 is 1. The molecule has 2 aromatic heterocycles. The average Bonchev–Trinajstić information content (AvgIpc) is 3.04. The largest absolute Gasteiger partial charge is 0.497 e. The van der Waals surface area contributed by atoms with E-state index in [1.165, 1.54) is 6.21 Å². The van der Waals surface area contributed by atoms with Crippen molar-refractivity contribution in [3.8, 4) is 33.9 Å². The summed E-state index contributed by atoms with van der Waals surface area (Å²) >= 11 is 9.87. The molecule has 0 bridgehead atoms. The van der Waals surface area contributed by atoms with Crippen molar-refractivity contribution in [3.63, 3.8) is 0 Å². The molecule has 4 aromatic carbocycles. The number of nitrogens with zero attached hydrogens (tertiary/aromatic N) is 3. The molecule has 0 spiro atoms. The Bertz CT molecular complexity index is 1980. The van der Waals surface area contributed by atoms with E-state index < -0.39 is 5.91 Å². The summed E-state index contributed by atoms with van der Waals surface area (Å²) in [6.07, 6.45) is 1.44. The van der Waals surface area contributed by atoms with Crippen molar-refractivity contribution in [2.75, 3.05) is 13.7 Å². The van der Waals surface area contributed by atoms with E-state index in [4.69, 9.17) is 26.1 Å². The number of pyridine rings is 2. The summed E-state index contributed by atoms with van der Waals surface area (Å²) in [6, 6.07) is 33.2. The van der Waals surface area contributed by atoms with Gasteiger partial charge in [0.15, 0.2) is 6.61 Å². The number of carbonyl (C=O) groups is 1. The van der Waals surface area contributed by atoms with Gasteiger partial charge < -0.3 is 9.47 Å². The summed E-state index contributed by atoms with van der Waals surface area (Å²) in [6.45, 7) is -0.209. The van der Waals surface area contributed by atoms with Crippen LogP contribution in [0.2, 0.25) is 5.15 Å². The van der Waals surface area contributed by atoms with Crippen LogP contribution in [0.15, 0.2) is 113 Å². The third kappa shape index (κ3) is 6.51. The summed E-state index contributed by atoms with van der Waals surface area (Å²) < 4.78 is 11.9. The van der Waals surface area contributed by atoms with Crippen molar-refractivity contribution >= 4 is 61.5 Å². The third-order valence-electron chi connectivity index (χ3n) is 6.77. The van der Waals surface area contributed by atoms with Crippen molar-refractivity contribution in [3.05, 3.63) is 118 Å². The molecule has 6 aromatic rings. The van der Waals surface area contributed by atoms with Crippen LogP contribution in [0.3, 0.4) is 0 Å². The maximum Gasteiger partial charge on any atom is 0.277 e. The van der Waals surface area contributed by atoms with Crippen molar-refractivity contribution in [2.45, 2.75) is 0 Å². The standard InChI is InChI=1S/C34H24BrClN4O3/c1-42-27-12-14-30-23(16-27)15-24(34(36)39-30)19-37-40-33(41)20-43-26-10-7-22(8-11-26)32-18-28(21-5-3-2-4-6-21)29-17-25(35)9-13-31(29)38-32/h2-19H,20H2,1H3,(H,40,41). The molecule has 2 heterocycles. The lowest BCUT2D eigenvalue weighted by Gasteiger charge is -2.11. The SMILES string of the molecule is COc1ccc2nc(Cl)c(C=NNC(=O)COc3ccc(-c4cc(-c5ccccc5)c5cc(Br)ccc5n4)cc3)cc2c1. The highest BCUT2D eigenvalue weighted by Crippen LogP contribution is 2.34. The molecule has 0 saturated carbocycles. The zero-order chi connectivity index (χ0) is 29.8. The van der Waals surface area contributed by atoms with Gasteiger partial charge in [-0.25, -0.2) is 15.4 Å². The van der Waals surface area contributed by atoms with Crippen molar-refractivity contribution in [1.82, 2.24) is 15.4 Å². The molecule has 43 heavy (non-hydrogen) atoms. The maximum atomic E-state index is 12.4. The fourth-order valence-electron chi connectivity index (χ4n) is 4.64. The van der Waals surface area contributed by atoms with Gasteiger partial charge in [0.25, 0.3) is 5.91 Å². The van der Waals surface area contributed by atoms with Crippen LogP contribution in [0.1, 0.15) is 5.56 Å². The summed E-state index contributed by atoms with van der Waals surface area (Å²) in [5, 5.41) is 6.19. The minimum absolute atomic E-state index is 0.209. The molecular weight excluding hydrogens is 628 g/mol. The van der Waals surface area contributed by atoms with Crippen molar-refractivity contribution in [1.29, 1.82) is 0 Å². The second-order valence-corrected chi connectivity index (χ2v) is 10.9. The molecule has 9 heteroatoms. The van der Waals surface area contributed by atoms with Gasteiger partial charge in [-0.05, 0) is 83.9 Å². The number of hydrazone groups is 1. The van der Waals surface area contributed by atoms with Gasteiger partial charge in [-0.2, -0.15) is 5.10 Å². The Morgan fingerprint density at radius 1 is 0.884 bits per heavy atom. The number of nitrogens with one attached hydrogen (secondary N) is 1. The molecule has 0 unspecified atom stereocenters. The van der Waals surface area contributed by atoms with Crippen LogP contribution in [0, 0.1) is 0 Å². The van der Waals surface area contributed by atoms with E-state index in [2.05, 4.69) is 55.7 Å². The zero-order valence-corrected chi connectivity index (χ0v) is 25.3. The van der Waals surface area contributed by atoms with Gasteiger partial charge in [-0.1, -0.05) is 57.9 Å². The molecule has 7 nitrogen and oxygen atoms in total. The number of hydrogen-bond donors (Lipinski definition) is 1. The molecule has 212 valence electrons. The van der Waals surface area contributed by atoms with Crippen LogP contribution in [-0.2, 0) is 4.79 Å². The van der Waals surface area contributed by atoms with Crippen LogP contribution in [0.25, 0.3) is 44.2 Å². The van der Waals surface area contributed by atoms with Gasteiger partial charge >= 0.3 is 0 Å². The van der Waals surface area contributed by atoms with E-state index in [0.29, 0.717) is 17.1 Å². The molecule has 0 aliphatic rings. The number of halogens is 2. The van der Waals surface area contributed by atoms with E-state index in [-0.39, 0.29) is 11.8 Å². The normalized spacial score (nSPS) is 11.2. The second-order valence-electron chi connectivity index (χ2n) is 9.62. The zero-order valence-electron chi connectivity index (χ0n) is 22.9. The first-order valence-corrected chi connectivity index (χ1v) is 14.5. The lowest BCUT2D eigenvalue weighted by molar-refractivity contribution is -0.123. The Morgan fingerprint density at radius 3 is 2.44 bits per heavy atom. The number of aromatic nitrogens is 2. The van der Waals surface area contributed by atoms with Gasteiger partial charge in [0, 0.05) is 26.4 Å². The minimum Gasteiger partial charge on any atom is -0.497 e. The van der Waals surface area contributed by atoms with E-state index in [1.54, 1.807) is 7.11 Å². The highest BCUT2D eigenvalue weighted by Gasteiger charge is 2.11. The smallest absolute Gasteiger partial charge is 0.277 e. The van der Waals surface area contributed by atoms with Crippen LogP contribution in [0.5, 0.6) is 11.5 Å². The number of benzene rings is 4. The Kier molecular flexibility index (Phi) is 8.31. The van der Waals surface area contributed by atoms with Crippen LogP contribution in [-0.4, -0.2) is 35.8 Å². The van der Waals surface area contributed by atoms with E-state index in [9.17, 15) is 4.79 Å². The summed E-state index contributed by atoms with van der Waals surface area (Å²) in [7, 11) is 1.60. The topological polar surface area (TPSA) is 85.7 Å². The minimum atomic E-state index is -0.415. The summed E-state index contributed by atoms with van der Waals surface area (Å²) in [4.78, 5) is 21.6. The molecule has 1 amide bonds. The first-order valence-electron chi connectivity index (χ1n) is 13.3. The van der Waals surface area contributed by atoms with Gasteiger partial charge in [0.05, 0.1) is 30.1 Å². The number of carbonyl (C=O) groups excluding carboxylic acids is 1. The summed E-state index contributed by atoms with van der Waals surface area (Å²) in [5.74, 6) is 0.838. The Morgan fingerprint density at radius 2 is 1.65 bits per heavy atom. The summed E-state index contributed by atoms with van der Waals surface area (Å²) in [5.41, 5.74) is 8.63. The molecule has 0 aliphatic carbocycles. The number of rotatable bonds is 8. The van der Waals surface area contributed by atoms with E-state index in [1.807, 2.05) is 78.9 Å².